The average Bonchev–Trinajstić information content (AvgIpc) is 2.57. The molecule has 0 N–H and O–H groups in total. The standard InChI is InChI=1S/C15H24N4O3/c1-18-6-7-19(11-15(18)4-8-22-9-5-15)12-10-13(20-2)17-14(16-12)21-3/h10H,4-9,11H2,1-3H3. The molecule has 2 saturated heterocycles. The first kappa shape index (κ1) is 15.3. The Morgan fingerprint density at radius 2 is 1.91 bits per heavy atom. The van der Waals surface area contributed by atoms with Gasteiger partial charge in [-0.3, -0.25) is 4.90 Å². The number of piperazine rings is 1. The molecular formula is C15H24N4O3. The molecule has 7 heteroatoms. The maximum atomic E-state index is 5.55. The Labute approximate surface area is 131 Å². The number of anilines is 1. The van der Waals surface area contributed by atoms with Crippen LogP contribution in [0.2, 0.25) is 0 Å². The fraction of sp³-hybridized carbons (Fsp3) is 0.733. The van der Waals surface area contributed by atoms with Crippen molar-refractivity contribution in [2.75, 3.05) is 59.0 Å². The van der Waals surface area contributed by atoms with E-state index in [0.717, 1.165) is 51.5 Å². The van der Waals surface area contributed by atoms with Gasteiger partial charge in [0.05, 0.1) is 14.2 Å². The Bertz CT molecular complexity index is 497. The molecule has 0 atom stereocenters. The highest BCUT2D eigenvalue weighted by Gasteiger charge is 2.41. The quantitative estimate of drug-likeness (QED) is 0.818. The van der Waals surface area contributed by atoms with E-state index in [-0.39, 0.29) is 5.54 Å². The Kier molecular flexibility index (Phi) is 4.35. The van der Waals surface area contributed by atoms with Gasteiger partial charge < -0.3 is 19.1 Å². The zero-order chi connectivity index (χ0) is 15.6. The number of hydrogen-bond donors (Lipinski definition) is 0. The molecule has 0 radical (unpaired) electrons. The van der Waals surface area contributed by atoms with Crippen LogP contribution in [0.4, 0.5) is 5.82 Å². The van der Waals surface area contributed by atoms with Gasteiger partial charge in [0.15, 0.2) is 0 Å². The van der Waals surface area contributed by atoms with E-state index in [4.69, 9.17) is 14.2 Å². The molecular weight excluding hydrogens is 284 g/mol. The van der Waals surface area contributed by atoms with Crippen molar-refractivity contribution in [3.8, 4) is 11.9 Å². The van der Waals surface area contributed by atoms with Crippen LogP contribution < -0.4 is 14.4 Å². The summed E-state index contributed by atoms with van der Waals surface area (Å²) in [5.74, 6) is 1.39. The summed E-state index contributed by atoms with van der Waals surface area (Å²) in [5, 5.41) is 0. The zero-order valence-electron chi connectivity index (χ0n) is 13.5. The monoisotopic (exact) mass is 308 g/mol. The summed E-state index contributed by atoms with van der Waals surface area (Å²) in [5.41, 5.74) is 0.169. The lowest BCUT2D eigenvalue weighted by molar-refractivity contribution is -0.0221. The summed E-state index contributed by atoms with van der Waals surface area (Å²) in [6, 6.07) is 2.22. The number of likely N-dealkylation sites (N-methyl/N-ethyl adjacent to an activating group) is 1. The van der Waals surface area contributed by atoms with Gasteiger partial charge in [-0.15, -0.1) is 0 Å². The second-order valence-corrected chi connectivity index (χ2v) is 5.94. The molecule has 0 unspecified atom stereocenters. The van der Waals surface area contributed by atoms with Crippen molar-refractivity contribution in [1.29, 1.82) is 0 Å². The molecule has 1 spiro atoms. The summed E-state index contributed by atoms with van der Waals surface area (Å²) in [6.45, 7) is 4.54. The van der Waals surface area contributed by atoms with Crippen molar-refractivity contribution in [2.24, 2.45) is 0 Å². The Balaban J connectivity index is 1.85. The van der Waals surface area contributed by atoms with Crippen LogP contribution in [0.5, 0.6) is 11.9 Å². The highest BCUT2D eigenvalue weighted by Crippen LogP contribution is 2.33. The topological polar surface area (TPSA) is 60.0 Å². The first-order valence-corrected chi connectivity index (χ1v) is 7.68. The molecule has 1 aromatic rings. The smallest absolute Gasteiger partial charge is 0.321 e. The molecule has 0 saturated carbocycles. The maximum absolute atomic E-state index is 5.55. The first-order chi connectivity index (χ1) is 10.7. The van der Waals surface area contributed by atoms with Crippen LogP contribution in [-0.2, 0) is 4.74 Å². The van der Waals surface area contributed by atoms with Gasteiger partial charge in [0.25, 0.3) is 0 Å². The third kappa shape index (κ3) is 2.83. The number of aromatic nitrogens is 2. The molecule has 122 valence electrons. The molecule has 0 aromatic carbocycles. The molecule has 0 aliphatic carbocycles. The average molecular weight is 308 g/mol. The highest BCUT2D eigenvalue weighted by atomic mass is 16.5. The molecule has 2 aliphatic heterocycles. The van der Waals surface area contributed by atoms with Gasteiger partial charge in [0.1, 0.15) is 5.82 Å². The zero-order valence-corrected chi connectivity index (χ0v) is 13.5. The van der Waals surface area contributed by atoms with Crippen molar-refractivity contribution in [2.45, 2.75) is 18.4 Å². The normalized spacial score (nSPS) is 21.9. The van der Waals surface area contributed by atoms with Crippen molar-refractivity contribution in [1.82, 2.24) is 14.9 Å². The third-order valence-electron chi connectivity index (χ3n) is 4.81. The summed E-state index contributed by atoms with van der Waals surface area (Å²) >= 11 is 0. The number of rotatable bonds is 3. The van der Waals surface area contributed by atoms with E-state index in [1.54, 1.807) is 14.2 Å². The molecule has 0 bridgehead atoms. The highest BCUT2D eigenvalue weighted by molar-refractivity contribution is 5.44. The van der Waals surface area contributed by atoms with E-state index in [1.807, 2.05) is 6.07 Å². The van der Waals surface area contributed by atoms with Crippen molar-refractivity contribution in [3.63, 3.8) is 0 Å². The SMILES string of the molecule is COc1cc(N2CCN(C)C3(CCOCC3)C2)nc(OC)n1. The fourth-order valence-electron chi connectivity index (χ4n) is 3.30. The Morgan fingerprint density at radius 1 is 1.14 bits per heavy atom. The molecule has 2 fully saturated rings. The van der Waals surface area contributed by atoms with Crippen LogP contribution in [0.3, 0.4) is 0 Å². The van der Waals surface area contributed by atoms with Crippen LogP contribution in [-0.4, -0.2) is 74.5 Å². The number of methoxy groups -OCH3 is 2. The lowest BCUT2D eigenvalue weighted by Gasteiger charge is -2.51. The van der Waals surface area contributed by atoms with E-state index < -0.39 is 0 Å². The Hall–Kier alpha value is -1.60. The van der Waals surface area contributed by atoms with Gasteiger partial charge in [-0.25, -0.2) is 0 Å². The van der Waals surface area contributed by atoms with E-state index in [0.29, 0.717) is 11.9 Å². The maximum Gasteiger partial charge on any atom is 0.321 e. The number of ether oxygens (including phenoxy) is 3. The minimum absolute atomic E-state index is 0.169. The van der Waals surface area contributed by atoms with Crippen LogP contribution in [0, 0.1) is 0 Å². The molecule has 22 heavy (non-hydrogen) atoms. The van der Waals surface area contributed by atoms with Gasteiger partial charge in [0.2, 0.25) is 5.88 Å². The van der Waals surface area contributed by atoms with Crippen LogP contribution >= 0.6 is 0 Å². The lowest BCUT2D eigenvalue weighted by atomic mass is 9.86. The summed E-state index contributed by atoms with van der Waals surface area (Å²) < 4.78 is 16.0. The minimum Gasteiger partial charge on any atom is -0.481 e. The summed E-state index contributed by atoms with van der Waals surface area (Å²) in [6.07, 6.45) is 2.11. The third-order valence-corrected chi connectivity index (χ3v) is 4.81. The predicted octanol–water partition coefficient (Wildman–Crippen LogP) is 0.795. The molecule has 1 aromatic heterocycles. The molecule has 2 aliphatic rings. The Morgan fingerprint density at radius 3 is 2.59 bits per heavy atom. The second-order valence-electron chi connectivity index (χ2n) is 5.94. The van der Waals surface area contributed by atoms with E-state index >= 15 is 0 Å². The van der Waals surface area contributed by atoms with E-state index in [9.17, 15) is 0 Å². The molecule has 7 nitrogen and oxygen atoms in total. The fourth-order valence-corrected chi connectivity index (χ4v) is 3.30. The predicted molar refractivity (Wildman–Crippen MR) is 82.8 cm³/mol. The van der Waals surface area contributed by atoms with Gasteiger partial charge in [-0.2, -0.15) is 9.97 Å². The van der Waals surface area contributed by atoms with E-state index in [1.165, 1.54) is 0 Å². The van der Waals surface area contributed by atoms with Crippen LogP contribution in [0.1, 0.15) is 12.8 Å². The minimum atomic E-state index is 0.169. The van der Waals surface area contributed by atoms with Gasteiger partial charge in [-0.05, 0) is 19.9 Å². The van der Waals surface area contributed by atoms with Crippen LogP contribution in [0.25, 0.3) is 0 Å². The number of hydrogen-bond acceptors (Lipinski definition) is 7. The number of nitrogens with zero attached hydrogens (tertiary/aromatic N) is 4. The van der Waals surface area contributed by atoms with Gasteiger partial charge in [0, 0.05) is 44.5 Å². The summed E-state index contributed by atoms with van der Waals surface area (Å²) in [7, 11) is 5.39. The van der Waals surface area contributed by atoms with Gasteiger partial charge in [-0.1, -0.05) is 0 Å². The first-order valence-electron chi connectivity index (χ1n) is 7.68. The molecule has 3 heterocycles. The lowest BCUT2D eigenvalue weighted by Crippen LogP contribution is -2.63. The molecule has 3 rings (SSSR count). The van der Waals surface area contributed by atoms with Crippen LogP contribution in [0.15, 0.2) is 6.07 Å². The second kappa shape index (κ2) is 6.26. The van der Waals surface area contributed by atoms with E-state index in [2.05, 4.69) is 26.8 Å². The van der Waals surface area contributed by atoms with Crippen molar-refractivity contribution >= 4 is 5.82 Å². The largest absolute Gasteiger partial charge is 0.481 e. The molecule has 0 amide bonds. The van der Waals surface area contributed by atoms with Gasteiger partial charge >= 0.3 is 6.01 Å². The summed E-state index contributed by atoms with van der Waals surface area (Å²) in [4.78, 5) is 13.4. The van der Waals surface area contributed by atoms with Crippen molar-refractivity contribution in [3.05, 3.63) is 6.07 Å². The van der Waals surface area contributed by atoms with Crippen molar-refractivity contribution < 1.29 is 14.2 Å².